The molecule has 3 aromatic heterocycles. The molecule has 0 aliphatic rings. The average molecular weight is 453 g/mol. The molecule has 0 radical (unpaired) electrons. The molecule has 0 aliphatic heterocycles. The van der Waals surface area contributed by atoms with E-state index in [1.165, 1.54) is 12.5 Å². The number of fused-ring (bicyclic) bond motifs is 1. The monoisotopic (exact) mass is 453 g/mol. The first kappa shape index (κ1) is 21.3. The number of nitrogens with one attached hydrogen (secondary N) is 1. The van der Waals surface area contributed by atoms with Crippen molar-refractivity contribution in [1.82, 2.24) is 15.3 Å². The Morgan fingerprint density at radius 1 is 1.00 bits per heavy atom. The van der Waals surface area contributed by atoms with Crippen LogP contribution in [0.15, 0.2) is 89.9 Å². The predicted octanol–water partition coefficient (Wildman–Crippen LogP) is 6.06. The molecule has 1 N–H and O–H groups in total. The van der Waals surface area contributed by atoms with E-state index in [0.717, 1.165) is 5.56 Å². The van der Waals surface area contributed by atoms with Crippen LogP contribution in [0.5, 0.6) is 11.5 Å². The van der Waals surface area contributed by atoms with E-state index in [4.69, 9.17) is 9.15 Å². The molecule has 3 heterocycles. The Bertz CT molecular complexity index is 1470. The molecule has 7 heteroatoms. The molecule has 6 nitrogen and oxygen atoms in total. The van der Waals surface area contributed by atoms with Gasteiger partial charge in [-0.15, -0.1) is 0 Å². The van der Waals surface area contributed by atoms with Gasteiger partial charge in [-0.1, -0.05) is 6.07 Å². The zero-order valence-electron chi connectivity index (χ0n) is 18.3. The van der Waals surface area contributed by atoms with Gasteiger partial charge in [-0.05, 0) is 67.1 Å². The molecule has 0 bridgehead atoms. The molecular formula is C27H20FN3O3. The Morgan fingerprint density at radius 2 is 1.85 bits per heavy atom. The molecule has 0 atom stereocenters. The highest BCUT2D eigenvalue weighted by Gasteiger charge is 2.17. The van der Waals surface area contributed by atoms with Crippen LogP contribution in [0.2, 0.25) is 0 Å². The van der Waals surface area contributed by atoms with Crippen molar-refractivity contribution in [3.63, 3.8) is 0 Å². The summed E-state index contributed by atoms with van der Waals surface area (Å²) in [6.07, 6.45) is 6.35. The lowest BCUT2D eigenvalue weighted by atomic mass is 10.1. The van der Waals surface area contributed by atoms with E-state index in [-0.39, 0.29) is 11.4 Å². The van der Waals surface area contributed by atoms with Gasteiger partial charge in [0.1, 0.15) is 22.8 Å². The summed E-state index contributed by atoms with van der Waals surface area (Å²) in [5.41, 5.74) is 2.62. The molecule has 0 spiro atoms. The molecule has 0 aliphatic carbocycles. The van der Waals surface area contributed by atoms with E-state index < -0.39 is 5.82 Å². The Balaban J connectivity index is 1.43. The number of nitrogens with zero attached hydrogens (tertiary/aromatic N) is 2. The van der Waals surface area contributed by atoms with Crippen molar-refractivity contribution in [2.24, 2.45) is 0 Å². The van der Waals surface area contributed by atoms with E-state index in [9.17, 15) is 4.79 Å². The van der Waals surface area contributed by atoms with Gasteiger partial charge < -0.3 is 14.5 Å². The zero-order chi connectivity index (χ0) is 23.5. The van der Waals surface area contributed by atoms with Crippen molar-refractivity contribution in [1.29, 1.82) is 0 Å². The van der Waals surface area contributed by atoms with E-state index in [2.05, 4.69) is 15.3 Å². The van der Waals surface area contributed by atoms with Crippen LogP contribution in [0, 0.1) is 12.7 Å². The summed E-state index contributed by atoms with van der Waals surface area (Å²) in [5, 5.41) is 3.43. The molecule has 168 valence electrons. The van der Waals surface area contributed by atoms with Crippen molar-refractivity contribution in [3.8, 4) is 22.8 Å². The Kier molecular flexibility index (Phi) is 5.74. The molecule has 0 unspecified atom stereocenters. The standard InChI is InChI=1S/C27H20FN3O3/c1-17-19(27(32)31-16-18-9-12-29-13-10-18)4-2-5-22(17)34-24-11-14-30-26-21(24)8-7-20(25(26)28)23-6-3-15-33-23/h2-15H,16H2,1H3,(H,31,32). The summed E-state index contributed by atoms with van der Waals surface area (Å²) in [6, 6.07) is 17.4. The first-order valence-electron chi connectivity index (χ1n) is 10.7. The topological polar surface area (TPSA) is 77.2 Å². The fourth-order valence-corrected chi connectivity index (χ4v) is 3.74. The first-order chi connectivity index (χ1) is 16.6. The number of carbonyl (C=O) groups is 1. The van der Waals surface area contributed by atoms with E-state index in [1.807, 2.05) is 19.1 Å². The van der Waals surface area contributed by atoms with Gasteiger partial charge in [0.05, 0.1) is 11.8 Å². The second-order valence-electron chi connectivity index (χ2n) is 7.68. The fourth-order valence-electron chi connectivity index (χ4n) is 3.74. The number of hydrogen-bond donors (Lipinski definition) is 1. The van der Waals surface area contributed by atoms with Crippen LogP contribution >= 0.6 is 0 Å². The van der Waals surface area contributed by atoms with E-state index in [0.29, 0.717) is 45.9 Å². The molecular weight excluding hydrogens is 433 g/mol. The fraction of sp³-hybridized carbons (Fsp3) is 0.0741. The molecule has 0 saturated heterocycles. The van der Waals surface area contributed by atoms with Gasteiger partial charge in [0.15, 0.2) is 5.82 Å². The summed E-state index contributed by atoms with van der Waals surface area (Å²) in [5.74, 6) is 0.660. The normalized spacial score (nSPS) is 10.9. The quantitative estimate of drug-likeness (QED) is 0.338. The van der Waals surface area contributed by atoms with Crippen LogP contribution in [0.3, 0.4) is 0 Å². The maximum absolute atomic E-state index is 15.2. The maximum atomic E-state index is 15.2. The minimum Gasteiger partial charge on any atom is -0.464 e. The van der Waals surface area contributed by atoms with Gasteiger partial charge in [0.2, 0.25) is 0 Å². The van der Waals surface area contributed by atoms with Crippen LogP contribution in [0.4, 0.5) is 4.39 Å². The number of furan rings is 1. The third-order valence-electron chi connectivity index (χ3n) is 5.55. The predicted molar refractivity (Wildman–Crippen MR) is 126 cm³/mol. The minimum atomic E-state index is -0.487. The van der Waals surface area contributed by atoms with Gasteiger partial charge >= 0.3 is 0 Å². The molecule has 1 amide bonds. The van der Waals surface area contributed by atoms with E-state index in [1.54, 1.807) is 60.9 Å². The van der Waals surface area contributed by atoms with Gasteiger partial charge in [-0.2, -0.15) is 0 Å². The van der Waals surface area contributed by atoms with Crippen LogP contribution in [0.25, 0.3) is 22.2 Å². The zero-order valence-corrected chi connectivity index (χ0v) is 18.3. The lowest BCUT2D eigenvalue weighted by Crippen LogP contribution is -2.23. The van der Waals surface area contributed by atoms with Crippen LogP contribution in [-0.4, -0.2) is 15.9 Å². The van der Waals surface area contributed by atoms with Gasteiger partial charge in [0.25, 0.3) is 5.91 Å². The number of rotatable bonds is 6. The highest BCUT2D eigenvalue weighted by Crippen LogP contribution is 2.35. The molecule has 0 saturated carbocycles. The van der Waals surface area contributed by atoms with Crippen LogP contribution in [0.1, 0.15) is 21.5 Å². The number of amides is 1. The maximum Gasteiger partial charge on any atom is 0.251 e. The largest absolute Gasteiger partial charge is 0.464 e. The highest BCUT2D eigenvalue weighted by atomic mass is 19.1. The number of pyridine rings is 2. The summed E-state index contributed by atoms with van der Waals surface area (Å²) >= 11 is 0. The number of halogens is 1. The Morgan fingerprint density at radius 3 is 2.65 bits per heavy atom. The molecule has 0 fully saturated rings. The van der Waals surface area contributed by atoms with Crippen molar-refractivity contribution in [2.75, 3.05) is 0 Å². The molecule has 34 heavy (non-hydrogen) atoms. The lowest BCUT2D eigenvalue weighted by Gasteiger charge is -2.14. The summed E-state index contributed by atoms with van der Waals surface area (Å²) in [6.45, 7) is 2.20. The van der Waals surface area contributed by atoms with Crippen molar-refractivity contribution in [3.05, 3.63) is 108 Å². The van der Waals surface area contributed by atoms with Crippen molar-refractivity contribution < 1.29 is 18.3 Å². The van der Waals surface area contributed by atoms with Gasteiger partial charge in [-0.3, -0.25) is 14.8 Å². The average Bonchev–Trinajstić information content (AvgIpc) is 3.40. The van der Waals surface area contributed by atoms with Crippen LogP contribution in [-0.2, 0) is 6.54 Å². The third-order valence-corrected chi connectivity index (χ3v) is 5.55. The van der Waals surface area contributed by atoms with Gasteiger partial charge in [0, 0.05) is 41.6 Å². The van der Waals surface area contributed by atoms with Crippen molar-refractivity contribution in [2.45, 2.75) is 13.5 Å². The second-order valence-corrected chi connectivity index (χ2v) is 7.68. The summed E-state index contributed by atoms with van der Waals surface area (Å²) in [4.78, 5) is 21.0. The second kappa shape index (κ2) is 9.15. The minimum absolute atomic E-state index is 0.176. The number of ether oxygens (including phenoxy) is 1. The summed E-state index contributed by atoms with van der Waals surface area (Å²) < 4.78 is 26.7. The molecule has 2 aromatic carbocycles. The number of benzene rings is 2. The molecule has 5 rings (SSSR count). The van der Waals surface area contributed by atoms with Crippen LogP contribution < -0.4 is 10.1 Å². The van der Waals surface area contributed by atoms with Crippen molar-refractivity contribution >= 4 is 16.8 Å². The Labute approximate surface area is 195 Å². The first-order valence-corrected chi connectivity index (χ1v) is 10.7. The smallest absolute Gasteiger partial charge is 0.251 e. The number of hydrogen-bond acceptors (Lipinski definition) is 5. The summed E-state index contributed by atoms with van der Waals surface area (Å²) in [7, 11) is 0. The highest BCUT2D eigenvalue weighted by molar-refractivity contribution is 5.96. The third kappa shape index (κ3) is 4.11. The van der Waals surface area contributed by atoms with Gasteiger partial charge in [-0.25, -0.2) is 4.39 Å². The molecule has 5 aromatic rings. The van der Waals surface area contributed by atoms with E-state index >= 15 is 4.39 Å². The number of carbonyl (C=O) groups excluding carboxylic acids is 1. The Hall–Kier alpha value is -4.52. The lowest BCUT2D eigenvalue weighted by molar-refractivity contribution is 0.0950. The number of aromatic nitrogens is 2. The SMILES string of the molecule is Cc1c(Oc2ccnc3c(F)c(-c4ccco4)ccc23)cccc1C(=O)NCc1ccncc1.